The molecular weight excluding hydrogens is 284 g/mol. The average molecular weight is 306 g/mol. The van der Waals surface area contributed by atoms with Gasteiger partial charge >= 0.3 is 0 Å². The van der Waals surface area contributed by atoms with Gasteiger partial charge in [-0.2, -0.15) is 0 Å². The summed E-state index contributed by atoms with van der Waals surface area (Å²) in [7, 11) is 1.47. The van der Waals surface area contributed by atoms with Crippen molar-refractivity contribution in [1.29, 1.82) is 0 Å². The fourth-order valence-electron chi connectivity index (χ4n) is 2.84. The zero-order valence-electron chi connectivity index (χ0n) is 12.6. The molecule has 0 radical (unpaired) electrons. The van der Waals surface area contributed by atoms with Gasteiger partial charge in [0.05, 0.1) is 19.1 Å². The molecule has 1 fully saturated rings. The lowest BCUT2D eigenvalue weighted by molar-refractivity contribution is -0.121. The average Bonchev–Trinajstić information content (AvgIpc) is 2.96. The number of phenols is 1. The van der Waals surface area contributed by atoms with Crippen molar-refractivity contribution in [1.82, 2.24) is 5.43 Å². The number of hydrazine groups is 1. The third-order valence-electron chi connectivity index (χ3n) is 4.09. The molecule has 0 aromatic heterocycles. The summed E-state index contributed by atoms with van der Waals surface area (Å²) >= 11 is 0. The van der Waals surface area contributed by atoms with Gasteiger partial charge in [0.25, 0.3) is 0 Å². The van der Waals surface area contributed by atoms with Crippen LogP contribution in [0.1, 0.15) is 37.7 Å². The van der Waals surface area contributed by atoms with Crippen LogP contribution in [0.2, 0.25) is 0 Å². The predicted octanol–water partition coefficient (Wildman–Crippen LogP) is 1.47. The van der Waals surface area contributed by atoms with Gasteiger partial charge in [-0.05, 0) is 36.1 Å². The Morgan fingerprint density at radius 3 is 2.73 bits per heavy atom. The third kappa shape index (κ3) is 3.58. The molecule has 0 bridgehead atoms. The van der Waals surface area contributed by atoms with E-state index < -0.39 is 5.60 Å². The Balaban J connectivity index is 2.37. The molecule has 1 aromatic carbocycles. The quantitative estimate of drug-likeness (QED) is 0.374. The van der Waals surface area contributed by atoms with Crippen LogP contribution in [0.3, 0.4) is 0 Å². The van der Waals surface area contributed by atoms with Crippen LogP contribution in [0, 0.1) is 0 Å². The van der Waals surface area contributed by atoms with E-state index >= 15 is 0 Å². The molecule has 6 nitrogen and oxygen atoms in total. The normalized spacial score (nSPS) is 17.3. The van der Waals surface area contributed by atoms with E-state index in [0.717, 1.165) is 18.4 Å². The van der Waals surface area contributed by atoms with Gasteiger partial charge < -0.3 is 14.9 Å². The molecule has 6 heteroatoms. The number of ether oxygens (including phenoxy) is 1. The summed E-state index contributed by atoms with van der Waals surface area (Å²) in [4.78, 5) is 11.6. The molecule has 1 aliphatic rings. The highest BCUT2D eigenvalue weighted by Crippen LogP contribution is 2.38. The highest BCUT2D eigenvalue weighted by Gasteiger charge is 2.35. The second-order valence-corrected chi connectivity index (χ2v) is 5.58. The summed E-state index contributed by atoms with van der Waals surface area (Å²) in [5, 5.41) is 20.4. The van der Waals surface area contributed by atoms with E-state index in [0.29, 0.717) is 24.2 Å². The third-order valence-corrected chi connectivity index (χ3v) is 4.09. The summed E-state index contributed by atoms with van der Waals surface area (Å²) in [6.07, 6.45) is 4.92. The Hall–Kier alpha value is -2.05. The number of aromatic hydroxyl groups is 1. The van der Waals surface area contributed by atoms with Crippen molar-refractivity contribution in [3.8, 4) is 11.5 Å². The van der Waals surface area contributed by atoms with E-state index in [9.17, 15) is 15.0 Å². The second kappa shape index (κ2) is 6.81. The molecule has 1 aliphatic carbocycles. The number of hydrogen-bond acceptors (Lipinski definition) is 5. The van der Waals surface area contributed by atoms with Crippen molar-refractivity contribution in [3.63, 3.8) is 0 Å². The molecule has 1 aromatic rings. The molecular formula is C16H22N2O4. The highest BCUT2D eigenvalue weighted by molar-refractivity contribution is 5.80. The standard InChI is InChI=1S/C16H22N2O4/c1-22-14-9-11(4-5-13(14)19)8-12(10-15(20)18-17)16(21)6-2-3-7-16/h4-5,8-9,19,21H,2-3,6-7,10,17H2,1H3,(H,18,20). The maximum Gasteiger partial charge on any atom is 0.238 e. The molecule has 5 N–H and O–H groups in total. The van der Waals surface area contributed by atoms with Crippen LogP contribution in [-0.2, 0) is 4.79 Å². The van der Waals surface area contributed by atoms with Crippen molar-refractivity contribution < 1.29 is 19.7 Å². The molecule has 120 valence electrons. The fourth-order valence-corrected chi connectivity index (χ4v) is 2.84. The first kappa shape index (κ1) is 16.3. The van der Waals surface area contributed by atoms with Crippen molar-refractivity contribution >= 4 is 12.0 Å². The second-order valence-electron chi connectivity index (χ2n) is 5.58. The number of rotatable bonds is 5. The van der Waals surface area contributed by atoms with Crippen LogP contribution in [0.4, 0.5) is 0 Å². The van der Waals surface area contributed by atoms with E-state index in [1.807, 2.05) is 0 Å². The first-order valence-electron chi connectivity index (χ1n) is 7.28. The van der Waals surface area contributed by atoms with Gasteiger partial charge in [0.1, 0.15) is 0 Å². The molecule has 1 amide bonds. The number of phenolic OH excluding ortho intramolecular Hbond substituents is 1. The number of carbonyl (C=O) groups is 1. The van der Waals surface area contributed by atoms with Crippen molar-refractivity contribution in [3.05, 3.63) is 29.3 Å². The van der Waals surface area contributed by atoms with Crippen LogP contribution >= 0.6 is 0 Å². The van der Waals surface area contributed by atoms with E-state index in [2.05, 4.69) is 5.43 Å². The smallest absolute Gasteiger partial charge is 0.238 e. The molecule has 1 saturated carbocycles. The number of nitrogens with two attached hydrogens (primary N) is 1. The topological polar surface area (TPSA) is 105 Å². The fraction of sp³-hybridized carbons (Fsp3) is 0.438. The Morgan fingerprint density at radius 1 is 1.45 bits per heavy atom. The summed E-state index contributed by atoms with van der Waals surface area (Å²) in [6, 6.07) is 4.88. The Bertz CT molecular complexity index is 578. The number of methoxy groups -OCH3 is 1. The Morgan fingerprint density at radius 2 is 2.14 bits per heavy atom. The SMILES string of the molecule is COc1cc(C=C(CC(=O)NN)C2(O)CCCC2)ccc1O. The zero-order chi connectivity index (χ0) is 16.2. The number of amides is 1. The zero-order valence-corrected chi connectivity index (χ0v) is 12.6. The first-order valence-corrected chi connectivity index (χ1v) is 7.28. The lowest BCUT2D eigenvalue weighted by Crippen LogP contribution is -2.35. The molecule has 0 atom stereocenters. The van der Waals surface area contributed by atoms with Gasteiger partial charge in [-0.1, -0.05) is 25.0 Å². The molecule has 0 unspecified atom stereocenters. The summed E-state index contributed by atoms with van der Waals surface area (Å²) in [5.41, 5.74) is 2.49. The molecule has 0 heterocycles. The summed E-state index contributed by atoms with van der Waals surface area (Å²) in [5.74, 6) is 5.19. The maximum atomic E-state index is 11.6. The van der Waals surface area contributed by atoms with Gasteiger partial charge in [0, 0.05) is 0 Å². The molecule has 0 saturated heterocycles. The van der Waals surface area contributed by atoms with Crippen LogP contribution in [0.15, 0.2) is 23.8 Å². The van der Waals surface area contributed by atoms with E-state index in [-0.39, 0.29) is 18.1 Å². The van der Waals surface area contributed by atoms with Crippen molar-refractivity contribution in [2.75, 3.05) is 7.11 Å². The minimum Gasteiger partial charge on any atom is -0.504 e. The van der Waals surface area contributed by atoms with Crippen molar-refractivity contribution in [2.24, 2.45) is 5.84 Å². The molecule has 0 spiro atoms. The van der Waals surface area contributed by atoms with Crippen molar-refractivity contribution in [2.45, 2.75) is 37.7 Å². The van der Waals surface area contributed by atoms with Gasteiger partial charge in [0.15, 0.2) is 11.5 Å². The number of carbonyl (C=O) groups excluding carboxylic acids is 1. The van der Waals surface area contributed by atoms with E-state index in [4.69, 9.17) is 10.6 Å². The van der Waals surface area contributed by atoms with Crippen LogP contribution in [0.25, 0.3) is 6.08 Å². The Kier molecular flexibility index (Phi) is 5.05. The van der Waals surface area contributed by atoms with E-state index in [1.54, 1.807) is 18.2 Å². The van der Waals surface area contributed by atoms with Gasteiger partial charge in [0.2, 0.25) is 5.91 Å². The minimum absolute atomic E-state index is 0.0379. The maximum absolute atomic E-state index is 11.6. The van der Waals surface area contributed by atoms with Gasteiger partial charge in [-0.25, -0.2) is 5.84 Å². The highest BCUT2D eigenvalue weighted by atomic mass is 16.5. The predicted molar refractivity (Wildman–Crippen MR) is 83.0 cm³/mol. The van der Waals surface area contributed by atoms with Crippen LogP contribution in [0.5, 0.6) is 11.5 Å². The lowest BCUT2D eigenvalue weighted by Gasteiger charge is -2.26. The number of nitrogens with one attached hydrogen (secondary N) is 1. The van der Waals surface area contributed by atoms with Crippen LogP contribution < -0.4 is 16.0 Å². The minimum atomic E-state index is -0.975. The lowest BCUT2D eigenvalue weighted by atomic mass is 9.87. The molecule has 0 aliphatic heterocycles. The van der Waals surface area contributed by atoms with Crippen LogP contribution in [-0.4, -0.2) is 28.8 Å². The summed E-state index contributed by atoms with van der Waals surface area (Å²) < 4.78 is 5.08. The monoisotopic (exact) mass is 306 g/mol. The van der Waals surface area contributed by atoms with Gasteiger partial charge in [-0.3, -0.25) is 10.2 Å². The number of benzene rings is 1. The number of aliphatic hydroxyl groups is 1. The largest absolute Gasteiger partial charge is 0.504 e. The summed E-state index contributed by atoms with van der Waals surface area (Å²) in [6.45, 7) is 0. The molecule has 2 rings (SSSR count). The first-order chi connectivity index (χ1) is 10.5. The van der Waals surface area contributed by atoms with E-state index in [1.165, 1.54) is 13.2 Å². The number of hydrogen-bond donors (Lipinski definition) is 4. The Labute approximate surface area is 129 Å². The molecule has 22 heavy (non-hydrogen) atoms. The van der Waals surface area contributed by atoms with Gasteiger partial charge in [-0.15, -0.1) is 0 Å².